The number of rotatable bonds is 3. The molecule has 1 aromatic carbocycles. The van der Waals surface area contributed by atoms with Gasteiger partial charge < -0.3 is 16.0 Å². The van der Waals surface area contributed by atoms with Gasteiger partial charge >= 0.3 is 0 Å². The van der Waals surface area contributed by atoms with Gasteiger partial charge in [0, 0.05) is 16.7 Å². The second-order valence-electron chi connectivity index (χ2n) is 5.63. The number of nitrogen functional groups attached to an aromatic ring is 1. The Morgan fingerprint density at radius 2 is 2.19 bits per heavy atom. The molecule has 1 heterocycles. The molecule has 0 aliphatic heterocycles. The highest BCUT2D eigenvalue weighted by Crippen LogP contribution is 2.27. The highest BCUT2D eigenvalue weighted by molar-refractivity contribution is 7.99. The lowest BCUT2D eigenvalue weighted by atomic mass is 9.95. The van der Waals surface area contributed by atoms with Crippen LogP contribution in [0.1, 0.15) is 36.2 Å². The summed E-state index contributed by atoms with van der Waals surface area (Å²) in [5.74, 6) is -0.0310. The Morgan fingerprint density at radius 1 is 1.38 bits per heavy atom. The van der Waals surface area contributed by atoms with Crippen molar-refractivity contribution in [3.8, 4) is 0 Å². The Morgan fingerprint density at radius 3 is 2.95 bits per heavy atom. The first-order valence-corrected chi connectivity index (χ1v) is 8.68. The van der Waals surface area contributed by atoms with Crippen molar-refractivity contribution in [3.05, 3.63) is 30.0 Å². The molecule has 21 heavy (non-hydrogen) atoms. The average Bonchev–Trinajstić information content (AvgIpc) is 2.93. The van der Waals surface area contributed by atoms with Gasteiger partial charge in [0.15, 0.2) is 0 Å². The van der Waals surface area contributed by atoms with Crippen molar-refractivity contribution in [2.24, 2.45) is 0 Å². The van der Waals surface area contributed by atoms with Crippen LogP contribution in [0.15, 0.2) is 24.3 Å². The van der Waals surface area contributed by atoms with E-state index in [0.717, 1.165) is 17.3 Å². The van der Waals surface area contributed by atoms with Crippen molar-refractivity contribution in [1.29, 1.82) is 0 Å². The van der Waals surface area contributed by atoms with Crippen LogP contribution in [-0.4, -0.2) is 28.4 Å². The van der Waals surface area contributed by atoms with Crippen LogP contribution in [0.5, 0.6) is 0 Å². The topological polar surface area (TPSA) is 70.9 Å². The van der Waals surface area contributed by atoms with E-state index < -0.39 is 0 Å². The number of thioether (sulfide) groups is 1. The summed E-state index contributed by atoms with van der Waals surface area (Å²) >= 11 is 1.85. The Balaban J connectivity index is 1.78. The van der Waals surface area contributed by atoms with Gasteiger partial charge in [0.05, 0.1) is 11.2 Å². The molecule has 1 aromatic heterocycles. The van der Waals surface area contributed by atoms with Crippen LogP contribution in [0, 0.1) is 0 Å². The maximum Gasteiger partial charge on any atom is 0.267 e. The maximum atomic E-state index is 12.5. The van der Waals surface area contributed by atoms with Crippen molar-refractivity contribution in [2.45, 2.75) is 37.0 Å². The van der Waals surface area contributed by atoms with Crippen LogP contribution in [0.25, 0.3) is 10.9 Å². The third-order valence-corrected chi connectivity index (χ3v) is 5.42. The predicted molar refractivity (Wildman–Crippen MR) is 89.7 cm³/mol. The summed E-state index contributed by atoms with van der Waals surface area (Å²) in [6.07, 6.45) is 6.84. The van der Waals surface area contributed by atoms with E-state index in [2.05, 4.69) is 16.6 Å². The summed E-state index contributed by atoms with van der Waals surface area (Å²) in [5.41, 5.74) is 8.04. The minimum absolute atomic E-state index is 0.0310. The highest BCUT2D eigenvalue weighted by Gasteiger charge is 2.26. The van der Waals surface area contributed by atoms with E-state index in [-0.39, 0.29) is 11.9 Å². The zero-order valence-electron chi connectivity index (χ0n) is 12.2. The van der Waals surface area contributed by atoms with Crippen molar-refractivity contribution in [1.82, 2.24) is 10.3 Å². The first-order chi connectivity index (χ1) is 10.2. The second-order valence-corrected chi connectivity index (χ2v) is 6.71. The number of anilines is 1. The number of nitrogens with two attached hydrogens (primary N) is 1. The van der Waals surface area contributed by atoms with Crippen molar-refractivity contribution < 1.29 is 4.79 Å². The van der Waals surface area contributed by atoms with E-state index in [9.17, 15) is 4.79 Å². The van der Waals surface area contributed by atoms with Gasteiger partial charge in [0.1, 0.15) is 5.69 Å². The molecule has 1 aliphatic rings. The summed E-state index contributed by atoms with van der Waals surface area (Å²) in [6.45, 7) is 0. The quantitative estimate of drug-likeness (QED) is 0.763. The molecule has 1 amide bonds. The monoisotopic (exact) mass is 303 g/mol. The Hall–Kier alpha value is -1.62. The molecule has 2 unspecified atom stereocenters. The van der Waals surface area contributed by atoms with Crippen LogP contribution >= 0.6 is 11.8 Å². The van der Waals surface area contributed by atoms with Crippen LogP contribution in [0.4, 0.5) is 5.69 Å². The smallest absolute Gasteiger partial charge is 0.267 e. The number of aromatic nitrogens is 1. The minimum atomic E-state index is -0.0310. The lowest BCUT2D eigenvalue weighted by Crippen LogP contribution is -2.43. The lowest BCUT2D eigenvalue weighted by molar-refractivity contribution is 0.0925. The van der Waals surface area contributed by atoms with E-state index in [0.29, 0.717) is 16.6 Å². The fourth-order valence-electron chi connectivity index (χ4n) is 3.09. The summed E-state index contributed by atoms with van der Waals surface area (Å²) in [6, 6.07) is 7.84. The third-order valence-electron chi connectivity index (χ3n) is 4.25. The van der Waals surface area contributed by atoms with Crippen LogP contribution in [0.3, 0.4) is 0 Å². The highest BCUT2D eigenvalue weighted by atomic mass is 32.2. The van der Waals surface area contributed by atoms with Crippen LogP contribution < -0.4 is 11.1 Å². The fraction of sp³-hybridized carbons (Fsp3) is 0.438. The summed E-state index contributed by atoms with van der Waals surface area (Å²) in [4.78, 5) is 15.6. The molecule has 2 atom stereocenters. The average molecular weight is 303 g/mol. The Labute approximate surface area is 128 Å². The zero-order valence-corrected chi connectivity index (χ0v) is 13.0. The number of hydrogen-bond donors (Lipinski definition) is 3. The standard InChI is InChI=1S/C16H21N3OS/c1-21-14-8-3-2-7-12(14)19-16(20)13-9-10-5-4-6-11(17)15(10)18-13/h4-6,9,12,14,18H,2-3,7-8,17H2,1H3,(H,19,20). The molecule has 112 valence electrons. The SMILES string of the molecule is CSC1CCCCC1NC(=O)c1cc2cccc(N)c2[nH]1. The van der Waals surface area contributed by atoms with E-state index in [1.54, 1.807) is 0 Å². The van der Waals surface area contributed by atoms with Crippen molar-refractivity contribution in [2.75, 3.05) is 12.0 Å². The van der Waals surface area contributed by atoms with Crippen molar-refractivity contribution in [3.63, 3.8) is 0 Å². The predicted octanol–water partition coefficient (Wildman–Crippen LogP) is 3.15. The van der Waals surface area contributed by atoms with Crippen LogP contribution in [-0.2, 0) is 0 Å². The lowest BCUT2D eigenvalue weighted by Gasteiger charge is -2.30. The number of carbonyl (C=O) groups excluding carboxylic acids is 1. The molecular formula is C16H21N3OS. The number of carbonyl (C=O) groups is 1. The Kier molecular flexibility index (Phi) is 4.10. The molecule has 3 rings (SSSR count). The molecule has 1 fully saturated rings. The first-order valence-electron chi connectivity index (χ1n) is 7.40. The molecule has 0 saturated heterocycles. The summed E-state index contributed by atoms with van der Waals surface area (Å²) in [5, 5.41) is 4.69. The first kappa shape index (κ1) is 14.3. The van der Waals surface area contributed by atoms with E-state index in [1.165, 1.54) is 19.3 Å². The molecule has 4 N–H and O–H groups in total. The van der Waals surface area contributed by atoms with E-state index in [1.807, 2.05) is 36.0 Å². The number of benzene rings is 1. The number of fused-ring (bicyclic) bond motifs is 1. The molecule has 0 bridgehead atoms. The van der Waals surface area contributed by atoms with Gasteiger partial charge in [-0.25, -0.2) is 0 Å². The van der Waals surface area contributed by atoms with Gasteiger partial charge in [-0.3, -0.25) is 4.79 Å². The normalized spacial score (nSPS) is 22.3. The fourth-order valence-corrected chi connectivity index (χ4v) is 4.03. The number of para-hydroxylation sites is 1. The molecule has 2 aromatic rings. The van der Waals surface area contributed by atoms with Gasteiger partial charge in [-0.1, -0.05) is 25.0 Å². The number of hydrogen-bond acceptors (Lipinski definition) is 3. The van der Waals surface area contributed by atoms with E-state index >= 15 is 0 Å². The molecule has 4 nitrogen and oxygen atoms in total. The molecule has 5 heteroatoms. The second kappa shape index (κ2) is 6.02. The number of nitrogens with one attached hydrogen (secondary N) is 2. The largest absolute Gasteiger partial charge is 0.397 e. The summed E-state index contributed by atoms with van der Waals surface area (Å²) in [7, 11) is 0. The van der Waals surface area contributed by atoms with Gasteiger partial charge in [-0.05, 0) is 31.2 Å². The van der Waals surface area contributed by atoms with Gasteiger partial charge in [0.2, 0.25) is 0 Å². The number of aromatic amines is 1. The summed E-state index contributed by atoms with van der Waals surface area (Å²) < 4.78 is 0. The molecule has 0 radical (unpaired) electrons. The molecule has 1 aliphatic carbocycles. The van der Waals surface area contributed by atoms with Crippen LogP contribution in [0.2, 0.25) is 0 Å². The third kappa shape index (κ3) is 2.88. The zero-order chi connectivity index (χ0) is 14.8. The Bertz CT molecular complexity index is 652. The molecule has 0 spiro atoms. The van der Waals surface area contributed by atoms with Gasteiger partial charge in [-0.15, -0.1) is 0 Å². The number of amides is 1. The van der Waals surface area contributed by atoms with E-state index in [4.69, 9.17) is 5.73 Å². The van der Waals surface area contributed by atoms with Crippen molar-refractivity contribution >= 4 is 34.3 Å². The van der Waals surface area contributed by atoms with Gasteiger partial charge in [-0.2, -0.15) is 11.8 Å². The number of H-pyrrole nitrogens is 1. The maximum absolute atomic E-state index is 12.5. The minimum Gasteiger partial charge on any atom is -0.397 e. The molecular weight excluding hydrogens is 282 g/mol. The van der Waals surface area contributed by atoms with Gasteiger partial charge in [0.25, 0.3) is 5.91 Å². The molecule has 1 saturated carbocycles.